The maximum absolute atomic E-state index is 9.64. The van der Waals surface area contributed by atoms with Crippen LogP contribution >= 0.6 is 11.6 Å². The highest BCUT2D eigenvalue weighted by molar-refractivity contribution is 6.29. The third-order valence-corrected chi connectivity index (χ3v) is 2.67. The highest BCUT2D eigenvalue weighted by Crippen LogP contribution is 2.28. The summed E-state index contributed by atoms with van der Waals surface area (Å²) < 4.78 is 5.38. The van der Waals surface area contributed by atoms with Gasteiger partial charge in [-0.25, -0.2) is 4.98 Å². The number of ether oxygens (including phenoxy) is 1. The highest BCUT2D eigenvalue weighted by atomic mass is 35.5. The molecule has 1 fully saturated rings. The molecular weight excluding hydrogens is 242 g/mol. The smallest absolute Gasteiger partial charge is 0.149 e. The molecule has 1 heterocycles. The second-order valence-corrected chi connectivity index (χ2v) is 4.63. The Morgan fingerprint density at radius 1 is 1.53 bits per heavy atom. The van der Waals surface area contributed by atoms with E-state index in [-0.39, 0.29) is 0 Å². The fourth-order valence-corrected chi connectivity index (χ4v) is 1.51. The molecule has 0 unspecified atom stereocenters. The minimum Gasteiger partial charge on any atom is -0.389 e. The van der Waals surface area contributed by atoms with Crippen molar-refractivity contribution in [3.63, 3.8) is 0 Å². The molecule has 94 valence electrons. The van der Waals surface area contributed by atoms with E-state index >= 15 is 0 Å². The van der Waals surface area contributed by atoms with Crippen LogP contribution in [0.4, 0.5) is 5.82 Å². The third kappa shape index (κ3) is 4.85. The summed E-state index contributed by atoms with van der Waals surface area (Å²) in [5.74, 6) is 1.27. The number of aliphatic hydroxyl groups is 1. The molecule has 0 saturated heterocycles. The lowest BCUT2D eigenvalue weighted by atomic mass is 10.3. The zero-order chi connectivity index (χ0) is 12.1. The fraction of sp³-hybridized carbons (Fsp3) is 0.636. The van der Waals surface area contributed by atoms with E-state index in [1.165, 1.54) is 19.0 Å². The second-order valence-electron chi connectivity index (χ2n) is 4.24. The first-order chi connectivity index (χ1) is 8.24. The molecule has 0 spiro atoms. The Labute approximate surface area is 105 Å². The molecule has 17 heavy (non-hydrogen) atoms. The van der Waals surface area contributed by atoms with Gasteiger partial charge in [0.2, 0.25) is 0 Å². The SMILES string of the molecule is O[C@@H](CNc1cncc(Cl)n1)COCC1CC1. The molecule has 1 saturated carbocycles. The molecule has 1 aliphatic carbocycles. The van der Waals surface area contributed by atoms with E-state index in [2.05, 4.69) is 15.3 Å². The molecule has 5 nitrogen and oxygen atoms in total. The van der Waals surface area contributed by atoms with Gasteiger partial charge in [-0.1, -0.05) is 11.6 Å². The minimum absolute atomic E-state index is 0.328. The van der Waals surface area contributed by atoms with Crippen LogP contribution in [0.25, 0.3) is 0 Å². The number of hydrogen-bond acceptors (Lipinski definition) is 5. The van der Waals surface area contributed by atoms with Crippen LogP contribution in [0.3, 0.4) is 0 Å². The van der Waals surface area contributed by atoms with E-state index in [1.54, 1.807) is 6.20 Å². The molecule has 2 rings (SSSR count). The molecule has 1 atom stereocenters. The van der Waals surface area contributed by atoms with Crippen LogP contribution in [0.1, 0.15) is 12.8 Å². The van der Waals surface area contributed by atoms with Crippen LogP contribution in [0, 0.1) is 5.92 Å². The van der Waals surface area contributed by atoms with Gasteiger partial charge in [-0.3, -0.25) is 4.98 Å². The molecule has 0 aromatic carbocycles. The van der Waals surface area contributed by atoms with Crippen molar-refractivity contribution in [3.8, 4) is 0 Å². The number of nitrogens with one attached hydrogen (secondary N) is 1. The van der Waals surface area contributed by atoms with Crippen molar-refractivity contribution in [1.29, 1.82) is 0 Å². The van der Waals surface area contributed by atoms with Gasteiger partial charge in [0.25, 0.3) is 0 Å². The van der Waals surface area contributed by atoms with Gasteiger partial charge in [-0.05, 0) is 18.8 Å². The monoisotopic (exact) mass is 257 g/mol. The number of rotatable bonds is 7. The number of hydrogen-bond donors (Lipinski definition) is 2. The van der Waals surface area contributed by atoms with Gasteiger partial charge in [0, 0.05) is 13.2 Å². The lowest BCUT2D eigenvalue weighted by molar-refractivity contribution is 0.0385. The maximum Gasteiger partial charge on any atom is 0.149 e. The molecule has 6 heteroatoms. The third-order valence-electron chi connectivity index (χ3n) is 2.48. The van der Waals surface area contributed by atoms with Crippen molar-refractivity contribution in [1.82, 2.24) is 9.97 Å². The lowest BCUT2D eigenvalue weighted by Gasteiger charge is -2.12. The molecule has 0 amide bonds. The first-order valence-corrected chi connectivity index (χ1v) is 6.09. The van der Waals surface area contributed by atoms with Crippen molar-refractivity contribution in [3.05, 3.63) is 17.5 Å². The summed E-state index contributed by atoms with van der Waals surface area (Å²) in [6, 6.07) is 0. The molecular formula is C11H16ClN3O2. The Balaban J connectivity index is 1.62. The quantitative estimate of drug-likeness (QED) is 0.771. The summed E-state index contributed by atoms with van der Waals surface area (Å²) in [5.41, 5.74) is 0. The van der Waals surface area contributed by atoms with Crippen LogP contribution in [0.5, 0.6) is 0 Å². The number of halogens is 1. The topological polar surface area (TPSA) is 67.3 Å². The number of nitrogens with zero attached hydrogens (tertiary/aromatic N) is 2. The Kier molecular flexibility index (Phi) is 4.53. The molecule has 1 aliphatic rings. The van der Waals surface area contributed by atoms with Gasteiger partial charge >= 0.3 is 0 Å². The summed E-state index contributed by atoms with van der Waals surface area (Å²) in [4.78, 5) is 7.89. The first-order valence-electron chi connectivity index (χ1n) is 5.71. The zero-order valence-electron chi connectivity index (χ0n) is 9.47. The van der Waals surface area contributed by atoms with Gasteiger partial charge in [-0.15, -0.1) is 0 Å². The molecule has 1 aromatic rings. The molecule has 2 N–H and O–H groups in total. The van der Waals surface area contributed by atoms with Gasteiger partial charge in [0.15, 0.2) is 0 Å². The number of anilines is 1. The van der Waals surface area contributed by atoms with Crippen LogP contribution in [0.2, 0.25) is 5.15 Å². The van der Waals surface area contributed by atoms with E-state index in [0.29, 0.717) is 30.0 Å². The summed E-state index contributed by atoms with van der Waals surface area (Å²) in [6.45, 7) is 1.48. The maximum atomic E-state index is 9.64. The average Bonchev–Trinajstić information content (AvgIpc) is 3.11. The van der Waals surface area contributed by atoms with Gasteiger partial charge < -0.3 is 15.2 Å². The van der Waals surface area contributed by atoms with Crippen LogP contribution in [-0.4, -0.2) is 40.9 Å². The highest BCUT2D eigenvalue weighted by Gasteiger charge is 2.21. The van der Waals surface area contributed by atoms with E-state index in [9.17, 15) is 5.11 Å². The molecule has 1 aromatic heterocycles. The van der Waals surface area contributed by atoms with Crippen molar-refractivity contribution < 1.29 is 9.84 Å². The lowest BCUT2D eigenvalue weighted by Crippen LogP contribution is -2.25. The van der Waals surface area contributed by atoms with Crippen LogP contribution in [-0.2, 0) is 4.74 Å². The fourth-order valence-electron chi connectivity index (χ4n) is 1.36. The summed E-state index contributed by atoms with van der Waals surface area (Å²) >= 11 is 5.68. The van der Waals surface area contributed by atoms with Crippen LogP contribution in [0.15, 0.2) is 12.4 Å². The summed E-state index contributed by atoms with van der Waals surface area (Å²) in [6.07, 6.45) is 4.99. The van der Waals surface area contributed by atoms with Gasteiger partial charge in [-0.2, -0.15) is 0 Å². The standard InChI is InChI=1S/C11H16ClN3O2/c12-10-4-13-5-11(15-10)14-3-9(16)7-17-6-8-1-2-8/h4-5,8-9,16H,1-3,6-7H2,(H,14,15)/t9-/m0/s1. The van der Waals surface area contributed by atoms with Crippen LogP contribution < -0.4 is 5.32 Å². The predicted octanol–water partition coefficient (Wildman–Crippen LogP) is 1.33. The Hall–Kier alpha value is -0.910. The second kappa shape index (κ2) is 6.14. The zero-order valence-corrected chi connectivity index (χ0v) is 10.2. The van der Waals surface area contributed by atoms with Gasteiger partial charge in [0.05, 0.1) is 25.1 Å². The Morgan fingerprint density at radius 3 is 3.06 bits per heavy atom. The predicted molar refractivity (Wildman–Crippen MR) is 65.1 cm³/mol. The first kappa shape index (κ1) is 12.5. The average molecular weight is 258 g/mol. The van der Waals surface area contributed by atoms with Crippen molar-refractivity contribution in [2.75, 3.05) is 25.1 Å². The molecule has 0 bridgehead atoms. The van der Waals surface area contributed by atoms with E-state index in [4.69, 9.17) is 16.3 Å². The minimum atomic E-state index is -0.547. The number of aromatic nitrogens is 2. The normalized spacial score (nSPS) is 16.8. The largest absolute Gasteiger partial charge is 0.389 e. The van der Waals surface area contributed by atoms with Crippen molar-refractivity contribution >= 4 is 17.4 Å². The van der Waals surface area contributed by atoms with E-state index in [1.807, 2.05) is 0 Å². The van der Waals surface area contributed by atoms with Gasteiger partial charge in [0.1, 0.15) is 11.0 Å². The Bertz CT molecular complexity index is 360. The van der Waals surface area contributed by atoms with Crippen molar-refractivity contribution in [2.24, 2.45) is 5.92 Å². The number of aliphatic hydroxyl groups excluding tert-OH is 1. The Morgan fingerprint density at radius 2 is 2.35 bits per heavy atom. The summed E-state index contributed by atoms with van der Waals surface area (Å²) in [7, 11) is 0. The van der Waals surface area contributed by atoms with E-state index in [0.717, 1.165) is 6.61 Å². The molecule has 0 aliphatic heterocycles. The summed E-state index contributed by atoms with van der Waals surface area (Å²) in [5, 5.41) is 12.9. The molecule has 0 radical (unpaired) electrons. The van der Waals surface area contributed by atoms with E-state index < -0.39 is 6.10 Å². The van der Waals surface area contributed by atoms with Crippen molar-refractivity contribution in [2.45, 2.75) is 18.9 Å².